The number of halogens is 1. The van der Waals surface area contributed by atoms with Crippen LogP contribution >= 0.6 is 27.7 Å². The average molecular weight is 352 g/mol. The van der Waals surface area contributed by atoms with Crippen LogP contribution in [0.4, 0.5) is 0 Å². The molecule has 1 N–H and O–H groups in total. The number of benzene rings is 1. The lowest BCUT2D eigenvalue weighted by molar-refractivity contribution is 0.562. The molecule has 102 valence electrons. The normalized spacial score (nSPS) is 13.6. The molecular weight excluding hydrogens is 334 g/mol. The van der Waals surface area contributed by atoms with Gasteiger partial charge in [0.2, 0.25) is 10.0 Å². The maximum atomic E-state index is 12.1. The zero-order valence-electron chi connectivity index (χ0n) is 10.7. The molecule has 18 heavy (non-hydrogen) atoms. The number of hydrogen-bond acceptors (Lipinski definition) is 3. The molecule has 1 aromatic carbocycles. The van der Waals surface area contributed by atoms with Crippen LogP contribution in [0.25, 0.3) is 0 Å². The van der Waals surface area contributed by atoms with Gasteiger partial charge in [0, 0.05) is 11.0 Å². The third-order valence-corrected chi connectivity index (χ3v) is 5.73. The highest BCUT2D eigenvalue weighted by molar-refractivity contribution is 9.10. The lowest BCUT2D eigenvalue weighted by Gasteiger charge is -2.12. The predicted octanol–water partition coefficient (Wildman–Crippen LogP) is 3.03. The molecule has 1 aromatic rings. The summed E-state index contributed by atoms with van der Waals surface area (Å²) in [7, 11) is -3.39. The van der Waals surface area contributed by atoms with E-state index in [4.69, 9.17) is 0 Å². The quantitative estimate of drug-likeness (QED) is 0.856. The van der Waals surface area contributed by atoms with Gasteiger partial charge in [-0.05, 0) is 48.6 Å². The molecule has 1 rings (SSSR count). The van der Waals surface area contributed by atoms with Crippen molar-refractivity contribution in [2.45, 2.75) is 18.7 Å². The van der Waals surface area contributed by atoms with Crippen LogP contribution < -0.4 is 4.72 Å². The maximum absolute atomic E-state index is 12.1. The summed E-state index contributed by atoms with van der Waals surface area (Å²) in [4.78, 5) is 0.319. The predicted molar refractivity (Wildman–Crippen MR) is 81.6 cm³/mol. The van der Waals surface area contributed by atoms with Gasteiger partial charge < -0.3 is 0 Å². The van der Waals surface area contributed by atoms with E-state index in [9.17, 15) is 8.42 Å². The Balaban J connectivity index is 2.77. The fourth-order valence-corrected chi connectivity index (χ4v) is 3.65. The van der Waals surface area contributed by atoms with Gasteiger partial charge in [-0.25, -0.2) is 13.1 Å². The molecular formula is C12H18BrNO2S2. The Morgan fingerprint density at radius 1 is 1.44 bits per heavy atom. The second-order valence-corrected chi connectivity index (χ2v) is 7.86. The monoisotopic (exact) mass is 351 g/mol. The van der Waals surface area contributed by atoms with Crippen molar-refractivity contribution >= 4 is 37.7 Å². The van der Waals surface area contributed by atoms with Crippen molar-refractivity contribution in [1.29, 1.82) is 0 Å². The van der Waals surface area contributed by atoms with Gasteiger partial charge in [0.15, 0.2) is 0 Å². The third kappa shape index (κ3) is 4.57. The highest BCUT2D eigenvalue weighted by Crippen LogP contribution is 2.20. The smallest absolute Gasteiger partial charge is 0.211 e. The first kappa shape index (κ1) is 16.0. The lowest BCUT2D eigenvalue weighted by atomic mass is 10.2. The first-order valence-electron chi connectivity index (χ1n) is 5.61. The van der Waals surface area contributed by atoms with Gasteiger partial charge in [0.25, 0.3) is 0 Å². The first-order valence-corrected chi connectivity index (χ1v) is 9.28. The van der Waals surface area contributed by atoms with Crippen molar-refractivity contribution in [3.63, 3.8) is 0 Å². The molecule has 0 amide bonds. The zero-order valence-corrected chi connectivity index (χ0v) is 14.0. The molecule has 0 saturated heterocycles. The fraction of sp³-hybridized carbons (Fsp3) is 0.500. The minimum Gasteiger partial charge on any atom is -0.211 e. The van der Waals surface area contributed by atoms with Gasteiger partial charge in [0.05, 0.1) is 4.90 Å². The van der Waals surface area contributed by atoms with E-state index in [2.05, 4.69) is 20.7 Å². The number of thioether (sulfide) groups is 1. The summed E-state index contributed by atoms with van der Waals surface area (Å²) in [5, 5.41) is 0. The topological polar surface area (TPSA) is 46.2 Å². The molecule has 0 fully saturated rings. The van der Waals surface area contributed by atoms with E-state index in [0.29, 0.717) is 17.4 Å². The standard InChI is InChI=1S/C12H18BrNO2S2/c1-9(8-17-3)7-14-18(15,16)11-4-5-12(13)10(2)6-11/h4-6,9,14H,7-8H2,1-3H3. The van der Waals surface area contributed by atoms with Crippen molar-refractivity contribution in [3.8, 4) is 0 Å². The molecule has 0 aliphatic rings. The van der Waals surface area contributed by atoms with Crippen LogP contribution in [0.2, 0.25) is 0 Å². The fourth-order valence-electron chi connectivity index (χ4n) is 1.46. The molecule has 0 aromatic heterocycles. The van der Waals surface area contributed by atoms with Gasteiger partial charge in [-0.1, -0.05) is 22.9 Å². The van der Waals surface area contributed by atoms with Gasteiger partial charge >= 0.3 is 0 Å². The molecule has 1 unspecified atom stereocenters. The summed E-state index contributed by atoms with van der Waals surface area (Å²) < 4.78 is 27.7. The Morgan fingerprint density at radius 3 is 2.67 bits per heavy atom. The van der Waals surface area contributed by atoms with E-state index < -0.39 is 10.0 Å². The molecule has 0 aliphatic carbocycles. The molecule has 0 aliphatic heterocycles. The van der Waals surface area contributed by atoms with Gasteiger partial charge in [-0.3, -0.25) is 0 Å². The molecule has 0 saturated carbocycles. The number of aryl methyl sites for hydroxylation is 1. The Hall–Kier alpha value is -0.0400. The van der Waals surface area contributed by atoms with Crippen LogP contribution in [0.15, 0.2) is 27.6 Å². The second kappa shape index (κ2) is 6.93. The Labute approximate surface area is 122 Å². The van der Waals surface area contributed by atoms with Crippen molar-refractivity contribution in [3.05, 3.63) is 28.2 Å². The van der Waals surface area contributed by atoms with Crippen molar-refractivity contribution in [2.24, 2.45) is 5.92 Å². The van der Waals surface area contributed by atoms with Crippen LogP contribution in [-0.4, -0.2) is 27.0 Å². The SMILES string of the molecule is CSCC(C)CNS(=O)(=O)c1ccc(Br)c(C)c1. The highest BCUT2D eigenvalue weighted by Gasteiger charge is 2.15. The van der Waals surface area contributed by atoms with Crippen LogP contribution in [0.1, 0.15) is 12.5 Å². The second-order valence-electron chi connectivity index (χ2n) is 4.32. The molecule has 0 radical (unpaired) electrons. The lowest BCUT2D eigenvalue weighted by Crippen LogP contribution is -2.29. The first-order chi connectivity index (χ1) is 8.36. The largest absolute Gasteiger partial charge is 0.240 e. The summed E-state index contributed by atoms with van der Waals surface area (Å²) >= 11 is 5.08. The van der Waals surface area contributed by atoms with Crippen molar-refractivity contribution in [2.75, 3.05) is 18.6 Å². The molecule has 3 nitrogen and oxygen atoms in total. The van der Waals surface area contributed by atoms with E-state index in [-0.39, 0.29) is 0 Å². The third-order valence-electron chi connectivity index (χ3n) is 2.51. The number of hydrogen-bond donors (Lipinski definition) is 1. The van der Waals surface area contributed by atoms with Gasteiger partial charge in [-0.2, -0.15) is 11.8 Å². The number of sulfonamides is 1. The molecule has 6 heteroatoms. The van der Waals surface area contributed by atoms with Crippen LogP contribution in [0, 0.1) is 12.8 Å². The Bertz CT molecular complexity index is 503. The number of rotatable bonds is 6. The maximum Gasteiger partial charge on any atom is 0.240 e. The summed E-state index contributed by atoms with van der Waals surface area (Å²) in [6.07, 6.45) is 2.02. The summed E-state index contributed by atoms with van der Waals surface area (Å²) in [6.45, 7) is 4.38. The van der Waals surface area contributed by atoms with E-state index in [1.807, 2.05) is 20.1 Å². The Kier molecular flexibility index (Phi) is 6.17. The molecule has 0 heterocycles. The van der Waals surface area contributed by atoms with E-state index in [1.165, 1.54) is 0 Å². The zero-order chi connectivity index (χ0) is 13.8. The molecule has 0 spiro atoms. The van der Waals surface area contributed by atoms with E-state index in [1.54, 1.807) is 30.0 Å². The van der Waals surface area contributed by atoms with Crippen LogP contribution in [0.5, 0.6) is 0 Å². The van der Waals surface area contributed by atoms with Crippen LogP contribution in [-0.2, 0) is 10.0 Å². The van der Waals surface area contributed by atoms with Crippen LogP contribution in [0.3, 0.4) is 0 Å². The summed E-state index contributed by atoms with van der Waals surface area (Å²) in [5.74, 6) is 1.27. The van der Waals surface area contributed by atoms with Gasteiger partial charge in [-0.15, -0.1) is 0 Å². The molecule has 1 atom stereocenters. The summed E-state index contributed by atoms with van der Waals surface area (Å²) in [6, 6.07) is 5.04. The van der Waals surface area contributed by atoms with Crippen molar-refractivity contribution < 1.29 is 8.42 Å². The molecule has 0 bridgehead atoms. The summed E-state index contributed by atoms with van der Waals surface area (Å²) in [5.41, 5.74) is 0.912. The highest BCUT2D eigenvalue weighted by atomic mass is 79.9. The minimum atomic E-state index is -3.39. The van der Waals surface area contributed by atoms with Gasteiger partial charge in [0.1, 0.15) is 0 Å². The average Bonchev–Trinajstić information content (AvgIpc) is 2.30. The Morgan fingerprint density at radius 2 is 2.11 bits per heavy atom. The van der Waals surface area contributed by atoms with E-state index >= 15 is 0 Å². The number of nitrogens with one attached hydrogen (secondary N) is 1. The van der Waals surface area contributed by atoms with E-state index in [0.717, 1.165) is 15.8 Å². The minimum absolute atomic E-state index is 0.319. The van der Waals surface area contributed by atoms with Crippen molar-refractivity contribution in [1.82, 2.24) is 4.72 Å².